The van der Waals surface area contributed by atoms with E-state index >= 15 is 0 Å². The standard InChI is InChI=1S/C19H31N3O4S/c1-3-8-15-16-13-21(14-17(16)22(19(15)24)27(2,25)26)18(23)9-7-12-20-10-5-4-6-11-20/h7,9,15-17H,3-6,8,10-14H2,1-2H3/b9-7+/t15-,16-,17+/m0/s1. The van der Waals surface area contributed by atoms with Gasteiger partial charge in [0.15, 0.2) is 0 Å². The molecular weight excluding hydrogens is 366 g/mol. The Balaban J connectivity index is 1.64. The first-order chi connectivity index (χ1) is 12.8. The molecule has 27 heavy (non-hydrogen) atoms. The number of rotatable bonds is 6. The fourth-order valence-corrected chi connectivity index (χ4v) is 5.93. The first-order valence-corrected chi connectivity index (χ1v) is 11.9. The van der Waals surface area contributed by atoms with E-state index in [0.29, 0.717) is 19.5 Å². The van der Waals surface area contributed by atoms with Gasteiger partial charge < -0.3 is 4.90 Å². The highest BCUT2D eigenvalue weighted by Gasteiger charge is 2.55. The third-order valence-electron chi connectivity index (χ3n) is 6.03. The van der Waals surface area contributed by atoms with Gasteiger partial charge in [-0.15, -0.1) is 0 Å². The lowest BCUT2D eigenvalue weighted by Crippen LogP contribution is -2.42. The molecule has 3 heterocycles. The van der Waals surface area contributed by atoms with E-state index < -0.39 is 16.1 Å². The average Bonchev–Trinajstić information content (AvgIpc) is 3.13. The van der Waals surface area contributed by atoms with Crippen LogP contribution in [0.5, 0.6) is 0 Å². The van der Waals surface area contributed by atoms with Crippen molar-refractivity contribution in [3.05, 3.63) is 12.2 Å². The zero-order valence-electron chi connectivity index (χ0n) is 16.3. The summed E-state index contributed by atoms with van der Waals surface area (Å²) in [5, 5.41) is 0. The molecule has 0 aromatic heterocycles. The maximum atomic E-state index is 12.6. The third-order valence-corrected chi connectivity index (χ3v) is 7.19. The number of hydrogen-bond donors (Lipinski definition) is 0. The van der Waals surface area contributed by atoms with E-state index in [1.807, 2.05) is 13.0 Å². The van der Waals surface area contributed by atoms with Crippen molar-refractivity contribution in [3.63, 3.8) is 0 Å². The van der Waals surface area contributed by atoms with Gasteiger partial charge in [0, 0.05) is 37.5 Å². The molecule has 0 aromatic rings. The van der Waals surface area contributed by atoms with Crippen LogP contribution in [0.3, 0.4) is 0 Å². The van der Waals surface area contributed by atoms with Gasteiger partial charge in [0.2, 0.25) is 21.8 Å². The van der Waals surface area contributed by atoms with Crippen LogP contribution in [0.2, 0.25) is 0 Å². The predicted octanol–water partition coefficient (Wildman–Crippen LogP) is 1.07. The van der Waals surface area contributed by atoms with Crippen LogP contribution in [0, 0.1) is 11.8 Å². The molecule has 0 unspecified atom stereocenters. The molecule has 3 rings (SSSR count). The highest BCUT2D eigenvalue weighted by Crippen LogP contribution is 2.40. The molecule has 8 heteroatoms. The molecule has 3 fully saturated rings. The number of carbonyl (C=O) groups excluding carboxylic acids is 2. The fourth-order valence-electron chi connectivity index (χ4n) is 4.75. The predicted molar refractivity (Wildman–Crippen MR) is 103 cm³/mol. The Bertz CT molecular complexity index is 700. The number of carbonyl (C=O) groups is 2. The zero-order chi connectivity index (χ0) is 19.6. The molecule has 0 radical (unpaired) electrons. The summed E-state index contributed by atoms with van der Waals surface area (Å²) in [6, 6.07) is -0.413. The van der Waals surface area contributed by atoms with Crippen molar-refractivity contribution in [1.29, 1.82) is 0 Å². The van der Waals surface area contributed by atoms with Gasteiger partial charge in [-0.1, -0.05) is 25.8 Å². The molecule has 0 saturated carbocycles. The van der Waals surface area contributed by atoms with Crippen LogP contribution in [-0.2, 0) is 19.6 Å². The number of likely N-dealkylation sites (tertiary alicyclic amines) is 2. The molecule has 0 bridgehead atoms. The Morgan fingerprint density at radius 1 is 1.19 bits per heavy atom. The number of nitrogens with zero attached hydrogens (tertiary/aromatic N) is 3. The minimum Gasteiger partial charge on any atom is -0.337 e. The number of hydrogen-bond acceptors (Lipinski definition) is 5. The van der Waals surface area contributed by atoms with E-state index in [1.54, 1.807) is 11.0 Å². The number of fused-ring (bicyclic) bond motifs is 1. The van der Waals surface area contributed by atoms with Gasteiger partial charge in [-0.05, 0) is 32.4 Å². The molecule has 0 spiro atoms. The van der Waals surface area contributed by atoms with E-state index in [1.165, 1.54) is 19.3 Å². The summed E-state index contributed by atoms with van der Waals surface area (Å²) >= 11 is 0. The molecule has 0 aliphatic carbocycles. The van der Waals surface area contributed by atoms with E-state index in [-0.39, 0.29) is 23.7 Å². The van der Waals surface area contributed by atoms with Gasteiger partial charge in [-0.25, -0.2) is 12.7 Å². The second kappa shape index (κ2) is 8.31. The zero-order valence-corrected chi connectivity index (χ0v) is 17.2. The molecule has 7 nitrogen and oxygen atoms in total. The van der Waals surface area contributed by atoms with E-state index in [4.69, 9.17) is 0 Å². The molecular formula is C19H31N3O4S. The number of piperidine rings is 1. The lowest BCUT2D eigenvalue weighted by molar-refractivity contribution is -0.131. The summed E-state index contributed by atoms with van der Waals surface area (Å²) in [7, 11) is -3.62. The average molecular weight is 398 g/mol. The molecule has 3 aliphatic rings. The maximum absolute atomic E-state index is 12.6. The minimum atomic E-state index is -3.62. The van der Waals surface area contributed by atoms with Crippen molar-refractivity contribution in [2.24, 2.45) is 11.8 Å². The summed E-state index contributed by atoms with van der Waals surface area (Å²) in [4.78, 5) is 29.2. The Morgan fingerprint density at radius 2 is 1.89 bits per heavy atom. The van der Waals surface area contributed by atoms with Crippen molar-refractivity contribution in [2.45, 2.75) is 45.1 Å². The number of sulfonamides is 1. The SMILES string of the molecule is CCC[C@@H]1C(=O)N(S(C)(=O)=O)[C@@H]2CN(C(=O)/C=C/CN3CCCCC3)C[C@@H]12. The van der Waals surface area contributed by atoms with Crippen LogP contribution in [0.4, 0.5) is 0 Å². The lowest BCUT2D eigenvalue weighted by atomic mass is 9.89. The highest BCUT2D eigenvalue weighted by molar-refractivity contribution is 7.88. The Labute approximate surface area is 162 Å². The minimum absolute atomic E-state index is 0.0856. The number of amides is 2. The largest absolute Gasteiger partial charge is 0.337 e. The Kier molecular flexibility index (Phi) is 6.25. The van der Waals surface area contributed by atoms with Crippen molar-refractivity contribution in [2.75, 3.05) is 39.0 Å². The Hall–Kier alpha value is -1.41. The monoisotopic (exact) mass is 397 g/mol. The summed E-state index contributed by atoms with van der Waals surface area (Å²) in [5.41, 5.74) is 0. The molecule has 3 aliphatic heterocycles. The van der Waals surface area contributed by atoms with Crippen LogP contribution < -0.4 is 0 Å². The van der Waals surface area contributed by atoms with Crippen molar-refractivity contribution >= 4 is 21.8 Å². The smallest absolute Gasteiger partial charge is 0.246 e. The summed E-state index contributed by atoms with van der Waals surface area (Å²) < 4.78 is 25.3. The molecule has 3 saturated heterocycles. The topological polar surface area (TPSA) is 78.0 Å². The molecule has 152 valence electrons. The molecule has 0 aromatic carbocycles. The highest BCUT2D eigenvalue weighted by atomic mass is 32.2. The fraction of sp³-hybridized carbons (Fsp3) is 0.789. The second-order valence-corrected chi connectivity index (χ2v) is 9.89. The van der Waals surface area contributed by atoms with E-state index in [2.05, 4.69) is 4.90 Å². The maximum Gasteiger partial charge on any atom is 0.246 e. The van der Waals surface area contributed by atoms with Gasteiger partial charge in [0.25, 0.3) is 0 Å². The van der Waals surface area contributed by atoms with Gasteiger partial charge in [-0.2, -0.15) is 0 Å². The van der Waals surface area contributed by atoms with Crippen molar-refractivity contribution < 1.29 is 18.0 Å². The van der Waals surface area contributed by atoms with Crippen LogP contribution >= 0.6 is 0 Å². The van der Waals surface area contributed by atoms with Gasteiger partial charge >= 0.3 is 0 Å². The lowest BCUT2D eigenvalue weighted by Gasteiger charge is -2.25. The van der Waals surface area contributed by atoms with Crippen LogP contribution in [0.15, 0.2) is 12.2 Å². The van der Waals surface area contributed by atoms with Gasteiger partial charge in [-0.3, -0.25) is 14.5 Å². The second-order valence-electron chi connectivity index (χ2n) is 8.03. The molecule has 3 atom stereocenters. The summed E-state index contributed by atoms with van der Waals surface area (Å²) in [6.07, 6.45) is 9.79. The summed E-state index contributed by atoms with van der Waals surface area (Å²) in [5.74, 6) is -0.767. The van der Waals surface area contributed by atoms with Crippen LogP contribution in [0.1, 0.15) is 39.0 Å². The van der Waals surface area contributed by atoms with E-state index in [9.17, 15) is 18.0 Å². The van der Waals surface area contributed by atoms with Crippen LogP contribution in [-0.4, -0.2) is 79.4 Å². The Morgan fingerprint density at radius 3 is 2.52 bits per heavy atom. The van der Waals surface area contributed by atoms with Gasteiger partial charge in [0.05, 0.1) is 12.3 Å². The molecule has 2 amide bonds. The third kappa shape index (κ3) is 4.37. The summed E-state index contributed by atoms with van der Waals surface area (Å²) in [6.45, 7) is 5.69. The van der Waals surface area contributed by atoms with E-state index in [0.717, 1.165) is 36.6 Å². The van der Waals surface area contributed by atoms with Crippen LogP contribution in [0.25, 0.3) is 0 Å². The molecule has 0 N–H and O–H groups in total. The normalized spacial score (nSPS) is 29.7. The van der Waals surface area contributed by atoms with Crippen molar-refractivity contribution in [3.8, 4) is 0 Å². The first kappa shape index (κ1) is 20.3. The van der Waals surface area contributed by atoms with Crippen molar-refractivity contribution in [1.82, 2.24) is 14.1 Å². The van der Waals surface area contributed by atoms with Gasteiger partial charge in [0.1, 0.15) is 0 Å². The first-order valence-electron chi connectivity index (χ1n) is 10.0. The quantitative estimate of drug-likeness (QED) is 0.627.